The molecule has 2 radical (unpaired) electrons. The van der Waals surface area contributed by atoms with E-state index in [9.17, 15) is 0 Å². The average molecular weight is 1300 g/mol. The largest absolute Gasteiger partial charge is 0.102 e. The molecule has 0 aliphatic carbocycles. The zero-order valence-electron chi connectivity index (χ0n) is 46.6. The predicted octanol–water partition coefficient (Wildman–Crippen LogP) is 14.2. The summed E-state index contributed by atoms with van der Waals surface area (Å²) >= 11 is 3.56. The standard InChI is InChI=1S/C37H39BrGeNPSi.2C18H15P.Ni/c1-29(2)35-26-17-27-36(30(3)4)37(35)40(39-38)42(33-22-13-7-14-23-33,34-24-15-8-16-25-34)28-41(31-18-9-5-10-19-31)32-20-11-6-12-21-32;2*1-4-10-16(11-5-1)19(17-12-6-2-7-13-17)18-14-8-3-9-15-18;/h5-27,29-30H,28H2,1-4H3;2*1-15H;/p+3. The molecule has 11 aromatic rings. The minimum atomic E-state index is -2.61. The fraction of sp³-hybridized carbons (Fsp3) is 0.0959. The molecule has 0 bridgehead atoms. The summed E-state index contributed by atoms with van der Waals surface area (Å²) in [6.45, 7) is 9.42. The second kappa shape index (κ2) is 31.6. The van der Waals surface area contributed by atoms with E-state index in [1.165, 1.54) is 69.6 Å². The van der Waals surface area contributed by atoms with Crippen molar-refractivity contribution in [2.24, 2.45) is 0 Å². The van der Waals surface area contributed by atoms with Gasteiger partial charge in [-0.05, 0) is 72.8 Å². The van der Waals surface area contributed by atoms with E-state index in [2.05, 4.69) is 367 Å². The third-order valence-electron chi connectivity index (χ3n) is 14.6. The molecule has 0 aliphatic rings. The number of anilines is 1. The zero-order valence-corrected chi connectivity index (χ0v) is 55.3. The third-order valence-corrected chi connectivity index (χ3v) is 36.5. The first-order valence-corrected chi connectivity index (χ1v) is 40.5. The summed E-state index contributed by atoms with van der Waals surface area (Å²) in [5.74, 6) is 2.00. The van der Waals surface area contributed by atoms with E-state index in [0.29, 0.717) is 11.8 Å². The van der Waals surface area contributed by atoms with Gasteiger partial charge in [0.25, 0.3) is 0 Å². The summed E-state index contributed by atoms with van der Waals surface area (Å²) in [7, 11) is -5.53. The molecule has 0 atom stereocenters. The van der Waals surface area contributed by atoms with Gasteiger partial charge in [0, 0.05) is 16.5 Å². The Balaban J connectivity index is 0.000000182. The second-order valence-corrected chi connectivity index (χ2v) is 36.3. The first kappa shape index (κ1) is 61.3. The number of nitrogens with zero attached hydrogens (tertiary/aromatic N) is 1. The fourth-order valence-corrected chi connectivity index (χ4v) is 36.9. The third kappa shape index (κ3) is 15.7. The Morgan fingerprint density at radius 3 is 0.765 bits per heavy atom. The summed E-state index contributed by atoms with van der Waals surface area (Å²) in [6.07, 6.45) is 0. The van der Waals surface area contributed by atoms with Gasteiger partial charge in [0.1, 0.15) is 31.8 Å². The van der Waals surface area contributed by atoms with Crippen LogP contribution in [0.25, 0.3) is 0 Å². The molecule has 0 aliphatic heterocycles. The molecular weight excluding hydrogens is 1220 g/mol. The summed E-state index contributed by atoms with van der Waals surface area (Å²) in [4.78, 5) is 0. The summed E-state index contributed by atoms with van der Waals surface area (Å²) in [6, 6.07) is 118. The molecule has 8 heteroatoms. The van der Waals surface area contributed by atoms with Crippen LogP contribution >= 0.6 is 37.8 Å². The van der Waals surface area contributed by atoms with Crippen LogP contribution in [0, 0.1) is 0 Å². The van der Waals surface area contributed by atoms with E-state index in [4.69, 9.17) is 0 Å². The van der Waals surface area contributed by atoms with Crippen molar-refractivity contribution in [1.29, 1.82) is 0 Å². The van der Waals surface area contributed by atoms with E-state index in [0.717, 1.165) is 5.79 Å². The van der Waals surface area contributed by atoms with Gasteiger partial charge in [-0.3, -0.25) is 0 Å². The smallest absolute Gasteiger partial charge is 0.0620 e. The van der Waals surface area contributed by atoms with Crippen LogP contribution < -0.4 is 56.3 Å². The van der Waals surface area contributed by atoms with Crippen LogP contribution in [0.15, 0.2) is 322 Å². The van der Waals surface area contributed by atoms with Gasteiger partial charge in [0.15, 0.2) is 0 Å². The summed E-state index contributed by atoms with van der Waals surface area (Å²) in [5.41, 5.74) is 4.39. The van der Waals surface area contributed by atoms with Crippen molar-refractivity contribution in [3.63, 3.8) is 0 Å². The van der Waals surface area contributed by atoms with Crippen molar-refractivity contribution in [3.05, 3.63) is 333 Å². The Kier molecular flexibility index (Phi) is 23.9. The number of rotatable bonds is 17. The number of hydrogen-bond donors (Lipinski definition) is 0. The Morgan fingerprint density at radius 1 is 0.321 bits per heavy atom. The van der Waals surface area contributed by atoms with Crippen LogP contribution in [0.4, 0.5) is 5.69 Å². The van der Waals surface area contributed by atoms with Gasteiger partial charge in [-0.25, -0.2) is 0 Å². The number of para-hydroxylation sites is 1. The summed E-state index contributed by atoms with van der Waals surface area (Å²) in [5, 5.41) is 14.5. The molecule has 0 unspecified atom stereocenters. The molecule has 0 N–H and O–H groups in total. The van der Waals surface area contributed by atoms with Crippen LogP contribution in [0.3, 0.4) is 0 Å². The van der Waals surface area contributed by atoms with E-state index in [-0.39, 0.29) is 16.5 Å². The molecule has 0 saturated heterocycles. The quantitative estimate of drug-likeness (QED) is 0.0649. The molecule has 81 heavy (non-hydrogen) atoms. The minimum Gasteiger partial charge on any atom is -0.0620 e. The molecule has 11 rings (SSSR count). The fourth-order valence-electron chi connectivity index (χ4n) is 10.7. The van der Waals surface area contributed by atoms with Gasteiger partial charge in [0.05, 0.1) is 15.8 Å². The average Bonchev–Trinajstić information content (AvgIpc) is 3.64. The molecule has 0 aromatic heterocycles. The van der Waals surface area contributed by atoms with E-state index >= 15 is 0 Å². The van der Waals surface area contributed by atoms with Crippen LogP contribution in [0.1, 0.15) is 50.7 Å². The molecule has 0 saturated carbocycles. The van der Waals surface area contributed by atoms with Crippen molar-refractivity contribution >= 4 is 118 Å². The van der Waals surface area contributed by atoms with E-state index in [1.807, 2.05) is 0 Å². The SMILES string of the molecule is CC(C)c1cccc(C(C)C)c1[N]([Ge][Br])[Si](C[PH+](c1ccccc1)c1ccccc1)(c1ccccc1)c1ccccc1.[Ni].c1ccc([PH+](c2ccccc2)c2ccccc2)cc1.c1ccc([PH+](c2ccccc2)c2ccccc2)cc1. The number of halogens is 1. The Morgan fingerprint density at radius 2 is 0.543 bits per heavy atom. The first-order valence-electron chi connectivity index (χ1n) is 27.8. The van der Waals surface area contributed by atoms with Crippen molar-refractivity contribution < 1.29 is 16.5 Å². The van der Waals surface area contributed by atoms with Gasteiger partial charge in [0.2, 0.25) is 0 Å². The second-order valence-electron chi connectivity index (χ2n) is 20.4. The number of hydrogen-bond acceptors (Lipinski definition) is 1. The Bertz CT molecular complexity index is 3100. The van der Waals surface area contributed by atoms with Crippen molar-refractivity contribution in [2.45, 2.75) is 39.5 Å². The van der Waals surface area contributed by atoms with Crippen LogP contribution in [-0.2, 0) is 16.5 Å². The Labute approximate surface area is 512 Å². The molecule has 11 aromatic carbocycles. The topological polar surface area (TPSA) is 3.24 Å². The maximum absolute atomic E-state index is 4.25. The molecule has 406 valence electrons. The van der Waals surface area contributed by atoms with E-state index < -0.39 is 45.8 Å². The van der Waals surface area contributed by atoms with Crippen LogP contribution in [0.2, 0.25) is 0 Å². The normalized spacial score (nSPS) is 11.1. The van der Waals surface area contributed by atoms with Gasteiger partial charge in [-0.1, -0.05) is 109 Å². The summed E-state index contributed by atoms with van der Waals surface area (Å²) < 4.78 is 2.96. The monoisotopic (exact) mass is 1290 g/mol. The number of benzene rings is 11. The maximum Gasteiger partial charge on any atom is 0.102 e. The van der Waals surface area contributed by atoms with Gasteiger partial charge in [-0.15, -0.1) is 0 Å². The minimum absolute atomic E-state index is 0. The van der Waals surface area contributed by atoms with Crippen LogP contribution in [0.5, 0.6) is 0 Å². The molecule has 0 fully saturated rings. The first-order chi connectivity index (χ1) is 39.4. The molecule has 0 amide bonds. The van der Waals surface area contributed by atoms with Crippen LogP contribution in [-0.4, -0.2) is 27.8 Å². The van der Waals surface area contributed by atoms with E-state index in [1.54, 1.807) is 0 Å². The molecule has 0 heterocycles. The molecule has 0 spiro atoms. The van der Waals surface area contributed by atoms with Crippen molar-refractivity contribution in [2.75, 3.05) is 9.31 Å². The Hall–Kier alpha value is -5.76. The van der Waals surface area contributed by atoms with Gasteiger partial charge in [-0.2, -0.15) is 0 Å². The maximum atomic E-state index is 4.25. The van der Waals surface area contributed by atoms with Crippen molar-refractivity contribution in [3.8, 4) is 0 Å². The van der Waals surface area contributed by atoms with Gasteiger partial charge >= 0.3 is 270 Å². The van der Waals surface area contributed by atoms with Crippen molar-refractivity contribution in [1.82, 2.24) is 0 Å². The molecule has 1 nitrogen and oxygen atoms in total. The van der Waals surface area contributed by atoms with Gasteiger partial charge < -0.3 is 0 Å². The zero-order chi connectivity index (χ0) is 55.4. The predicted molar refractivity (Wildman–Crippen MR) is 368 cm³/mol. The molecular formula is C73H72BrGeNNiP3Si+3.